The summed E-state index contributed by atoms with van der Waals surface area (Å²) in [5.41, 5.74) is -2.69. The van der Waals surface area contributed by atoms with Gasteiger partial charge in [0.05, 0.1) is 37.0 Å². The molecule has 5 saturated carbocycles. The maximum atomic E-state index is 16.2. The predicted molar refractivity (Wildman–Crippen MR) is 247 cm³/mol. The number of Topliss-reactive ketones (excluding diaryl/α,β-unsaturated/α-hetero) is 1. The van der Waals surface area contributed by atoms with Crippen LogP contribution >= 0.6 is 0 Å². The number of hydrogen-bond donors (Lipinski definition) is 2. The third kappa shape index (κ3) is 5.98. The minimum atomic E-state index is -1.40. The monoisotopic (exact) mass is 917 g/mol. The van der Waals surface area contributed by atoms with Gasteiger partial charge in [-0.3, -0.25) is 14.9 Å². The number of cyclic esters (lactones) is 2. The lowest BCUT2D eigenvalue weighted by Crippen LogP contribution is -2.79. The van der Waals surface area contributed by atoms with Gasteiger partial charge in [0.25, 0.3) is 0 Å². The van der Waals surface area contributed by atoms with Crippen LogP contribution in [0.25, 0.3) is 0 Å². The molecule has 5 aliphatic carbocycles. The number of carbonyl (C=O) groups excluding carboxylic acids is 3. The van der Waals surface area contributed by atoms with Gasteiger partial charge >= 0.3 is 11.9 Å². The molecule has 10 fully saturated rings. The number of epoxide rings is 1. The third-order valence-corrected chi connectivity index (χ3v) is 21.5. The second-order valence-corrected chi connectivity index (χ2v) is 24.1. The summed E-state index contributed by atoms with van der Waals surface area (Å²) in [5.74, 6) is 1.21. The second kappa shape index (κ2) is 15.7. The van der Waals surface area contributed by atoms with Gasteiger partial charge in [-0.1, -0.05) is 81.9 Å². The van der Waals surface area contributed by atoms with E-state index in [1.54, 1.807) is 6.26 Å². The SMILES string of the molecule is C[C@@]12CC[C@@H]3[C@@]45COC(=O)C[C@@H]4O[C@](C)(C4CCCCC4)[C@H]5C(=O)[C@@H](O)[C@@]3([C@H]3CCC[C@H](Cc4ccccc4)C3)[C@]13O[C@@H]3C(=O)O[C@H]2c1ccoc1CC[C@@H]1CC[C@@H]2[C@H](C=CN3CNC[C@@H]23)C1. The molecular weight excluding hydrogens is 845 g/mol. The first-order chi connectivity index (χ1) is 32.5. The highest BCUT2D eigenvalue weighted by Crippen LogP contribution is 2.83. The number of aliphatic hydroxyl groups is 1. The molecule has 0 unspecified atom stereocenters. The van der Waals surface area contributed by atoms with E-state index in [0.29, 0.717) is 42.6 Å². The highest BCUT2D eigenvalue weighted by molar-refractivity contribution is 5.92. The number of ether oxygens (including phenoxy) is 4. The molecule has 11 heteroatoms. The molecule has 2 N–H and O–H groups in total. The first-order valence-corrected chi connectivity index (χ1v) is 26.7. The Labute approximate surface area is 395 Å². The lowest BCUT2D eigenvalue weighted by atomic mass is 9.32. The van der Waals surface area contributed by atoms with Crippen molar-refractivity contribution >= 4 is 17.7 Å². The Morgan fingerprint density at radius 1 is 0.866 bits per heavy atom. The Morgan fingerprint density at radius 2 is 1.70 bits per heavy atom. The predicted octanol–water partition coefficient (Wildman–Crippen LogP) is 8.42. The normalized spacial score (nSPS) is 47.6. The summed E-state index contributed by atoms with van der Waals surface area (Å²) in [4.78, 5) is 47.0. The summed E-state index contributed by atoms with van der Waals surface area (Å²) in [6, 6.07) is 13.3. The van der Waals surface area contributed by atoms with Crippen LogP contribution in [0, 0.1) is 63.6 Å². The van der Waals surface area contributed by atoms with E-state index in [2.05, 4.69) is 66.7 Å². The first-order valence-electron chi connectivity index (χ1n) is 26.7. The molecule has 0 amide bonds. The van der Waals surface area contributed by atoms with Crippen molar-refractivity contribution in [3.8, 4) is 0 Å². The van der Waals surface area contributed by atoms with Crippen LogP contribution in [0.15, 0.2) is 59.4 Å². The van der Waals surface area contributed by atoms with E-state index in [1.165, 1.54) is 24.8 Å². The van der Waals surface area contributed by atoms with Gasteiger partial charge in [0, 0.05) is 40.8 Å². The van der Waals surface area contributed by atoms with Crippen molar-refractivity contribution in [1.29, 1.82) is 0 Å². The molecule has 0 bridgehead atoms. The van der Waals surface area contributed by atoms with Gasteiger partial charge in [-0.15, -0.1) is 0 Å². The van der Waals surface area contributed by atoms with Crippen LogP contribution in [-0.2, 0) is 46.2 Å². The molecule has 67 heavy (non-hydrogen) atoms. The fraction of sp³-hybridized carbons (Fsp3) is 0.732. The number of carbonyl (C=O) groups is 3. The molecule has 11 nitrogen and oxygen atoms in total. The number of aliphatic hydroxyl groups excluding tert-OH is 1. The topological polar surface area (TPSA) is 140 Å². The number of fused-ring (bicyclic) bond motifs is 4. The van der Waals surface area contributed by atoms with Crippen LogP contribution in [0.5, 0.6) is 0 Å². The van der Waals surface area contributed by atoms with Crippen LogP contribution in [0.4, 0.5) is 0 Å². The molecule has 13 rings (SSSR count). The van der Waals surface area contributed by atoms with Gasteiger partial charge < -0.3 is 33.4 Å². The summed E-state index contributed by atoms with van der Waals surface area (Å²) >= 11 is 0. The number of rotatable bonds is 8. The van der Waals surface area contributed by atoms with Gasteiger partial charge in [-0.05, 0) is 130 Å². The van der Waals surface area contributed by atoms with E-state index in [0.717, 1.165) is 102 Å². The van der Waals surface area contributed by atoms with Crippen molar-refractivity contribution in [2.24, 2.45) is 63.6 Å². The minimum absolute atomic E-state index is 0.0834. The zero-order valence-electron chi connectivity index (χ0n) is 39.7. The lowest BCUT2D eigenvalue weighted by Gasteiger charge is -2.70. The summed E-state index contributed by atoms with van der Waals surface area (Å²) in [6.07, 6.45) is 19.5. The summed E-state index contributed by atoms with van der Waals surface area (Å²) in [6.45, 7) is 6.46. The second-order valence-electron chi connectivity index (χ2n) is 24.1. The number of aryl methyl sites for hydroxylation is 1. The number of nitrogens with zero attached hydrogens (tertiary/aromatic N) is 1. The summed E-state index contributed by atoms with van der Waals surface area (Å²) in [5, 5.41) is 17.3. The first kappa shape index (κ1) is 43.5. The quantitative estimate of drug-likeness (QED) is 0.195. The van der Waals surface area contributed by atoms with E-state index < -0.39 is 63.8 Å². The third-order valence-electron chi connectivity index (χ3n) is 21.5. The van der Waals surface area contributed by atoms with Crippen molar-refractivity contribution in [3.63, 3.8) is 0 Å². The molecule has 2 aromatic rings. The Bertz CT molecular complexity index is 2310. The molecule has 17 atom stereocenters. The molecule has 0 radical (unpaired) electrons. The summed E-state index contributed by atoms with van der Waals surface area (Å²) in [7, 11) is 0. The Kier molecular flexibility index (Phi) is 10.2. The van der Waals surface area contributed by atoms with Gasteiger partial charge in [0.1, 0.15) is 30.2 Å². The number of nitrogens with one attached hydrogen (secondary N) is 1. The molecule has 6 aliphatic heterocycles. The van der Waals surface area contributed by atoms with Gasteiger partial charge in [0.15, 0.2) is 11.9 Å². The molecule has 1 aromatic heterocycles. The Hall–Kier alpha value is -3.51. The lowest BCUT2D eigenvalue weighted by molar-refractivity contribution is -0.276. The fourth-order valence-corrected chi connectivity index (χ4v) is 18.8. The van der Waals surface area contributed by atoms with Crippen molar-refractivity contribution < 1.29 is 42.9 Å². The number of furan rings is 1. The largest absolute Gasteiger partial charge is 0.469 e. The van der Waals surface area contributed by atoms with E-state index in [1.807, 2.05) is 6.07 Å². The summed E-state index contributed by atoms with van der Waals surface area (Å²) < 4.78 is 33.9. The van der Waals surface area contributed by atoms with Crippen LogP contribution < -0.4 is 5.32 Å². The van der Waals surface area contributed by atoms with Crippen molar-refractivity contribution in [3.05, 3.63) is 71.8 Å². The fourth-order valence-electron chi connectivity index (χ4n) is 18.8. The van der Waals surface area contributed by atoms with Gasteiger partial charge in [-0.25, -0.2) is 4.79 Å². The Morgan fingerprint density at radius 3 is 2.55 bits per heavy atom. The van der Waals surface area contributed by atoms with E-state index in [4.69, 9.17) is 23.4 Å². The van der Waals surface area contributed by atoms with E-state index >= 15 is 4.79 Å². The smallest absolute Gasteiger partial charge is 0.339 e. The van der Waals surface area contributed by atoms with Crippen molar-refractivity contribution in [2.45, 2.75) is 171 Å². The zero-order chi connectivity index (χ0) is 45.5. The number of hydrogen-bond acceptors (Lipinski definition) is 11. The molecule has 360 valence electrons. The molecule has 11 aliphatic rings. The van der Waals surface area contributed by atoms with E-state index in [9.17, 15) is 14.7 Å². The molecule has 7 heterocycles. The highest BCUT2D eigenvalue weighted by Gasteiger charge is 2.93. The molecule has 5 saturated heterocycles. The van der Waals surface area contributed by atoms with Gasteiger partial charge in [-0.2, -0.15) is 0 Å². The Balaban J connectivity index is 0.892. The average molecular weight is 917 g/mol. The van der Waals surface area contributed by atoms with Crippen LogP contribution in [0.3, 0.4) is 0 Å². The van der Waals surface area contributed by atoms with Crippen molar-refractivity contribution in [1.82, 2.24) is 10.2 Å². The minimum Gasteiger partial charge on any atom is -0.469 e. The van der Waals surface area contributed by atoms with Crippen LogP contribution in [0.1, 0.15) is 140 Å². The van der Waals surface area contributed by atoms with E-state index in [-0.39, 0.29) is 42.5 Å². The standard InChI is InChI=1S/C56H72N2O9/c1-52-23-20-43-54-31-64-45(59)29-44(54)66-53(2,37-13-7-4-8-14-37)47(54)46(60)48(61)55(43,38-15-9-12-35(28-38)26-33-10-5-3-6-11-33)56(52)50(67-56)51(62)65-49(52)40-22-25-63-42(40)19-17-34-16-18-39-36(27-34)21-24-58-32-57-30-41(39)58/h3,5-6,10-11,21-22,24-25,34-39,41,43-44,47-50,57,61H,4,7-9,12-20,23,26-32H2,1-2H3/t34-,35+,36+,38-,39+,41-,43+,44-,47+,48+,49-,50+,52-,53+,54-,55-,56+/m0/s1. The number of ketones is 1. The highest BCUT2D eigenvalue weighted by atomic mass is 16.7. The molecule has 1 aromatic carbocycles. The van der Waals surface area contributed by atoms with Gasteiger partial charge in [0.2, 0.25) is 0 Å². The number of esters is 2. The van der Waals surface area contributed by atoms with Crippen LogP contribution in [-0.4, -0.2) is 83.1 Å². The average Bonchev–Trinajstić information content (AvgIpc) is 3.58. The molecular formula is C56H72N2O9. The maximum Gasteiger partial charge on any atom is 0.339 e. The van der Waals surface area contributed by atoms with Crippen molar-refractivity contribution in [2.75, 3.05) is 19.8 Å². The van der Waals surface area contributed by atoms with Crippen LogP contribution in [0.2, 0.25) is 0 Å². The zero-order valence-corrected chi connectivity index (χ0v) is 39.7. The maximum absolute atomic E-state index is 16.2. The number of benzene rings is 1. The molecule has 2 spiro atoms. The number of allylic oxidation sites excluding steroid dienone is 1.